The molecule has 1 N–H and O–H groups in total. The lowest BCUT2D eigenvalue weighted by Gasteiger charge is -2.24. The third kappa shape index (κ3) is 6.36. The minimum absolute atomic E-state index is 0.0400. The average Bonchev–Trinajstić information content (AvgIpc) is 2.60. The van der Waals surface area contributed by atoms with Crippen LogP contribution in [0.1, 0.15) is 17.2 Å². The van der Waals surface area contributed by atoms with E-state index in [1.54, 1.807) is 0 Å². The summed E-state index contributed by atoms with van der Waals surface area (Å²) in [5.74, 6) is -0.275. The third-order valence-corrected chi connectivity index (χ3v) is 4.89. The van der Waals surface area contributed by atoms with Crippen LogP contribution in [-0.2, 0) is 10.0 Å². The number of nitrogens with one attached hydrogen (secondary N) is 1. The normalized spacial score (nSPS) is 13.0. The quantitative estimate of drug-likeness (QED) is 0.739. The van der Waals surface area contributed by atoms with Crippen molar-refractivity contribution in [3.63, 3.8) is 0 Å². The summed E-state index contributed by atoms with van der Waals surface area (Å²) in [5.41, 5.74) is 0.724. The molecule has 0 aliphatic carbocycles. The van der Waals surface area contributed by atoms with Gasteiger partial charge in [-0.3, -0.25) is 0 Å². The molecule has 0 bridgehead atoms. The highest BCUT2D eigenvalue weighted by Crippen LogP contribution is 2.26. The van der Waals surface area contributed by atoms with E-state index in [1.807, 2.05) is 6.07 Å². The molecule has 0 fully saturated rings. The van der Waals surface area contributed by atoms with Gasteiger partial charge in [-0.15, -0.1) is 13.2 Å². The maximum absolute atomic E-state index is 12.3. The number of ether oxygens (including phenoxy) is 1. The molecule has 1 aromatic heterocycles. The van der Waals surface area contributed by atoms with Crippen LogP contribution in [0.5, 0.6) is 5.75 Å². The van der Waals surface area contributed by atoms with E-state index in [2.05, 4.69) is 20.0 Å². The Morgan fingerprint density at radius 2 is 1.82 bits per heavy atom. The highest BCUT2D eigenvalue weighted by atomic mass is 32.2. The summed E-state index contributed by atoms with van der Waals surface area (Å²) in [5, 5.41) is 11.7. The molecule has 12 heteroatoms. The lowest BCUT2D eigenvalue weighted by Crippen LogP contribution is -2.33. The predicted octanol–water partition coefficient (Wildman–Crippen LogP) is 2.29. The summed E-state index contributed by atoms with van der Waals surface area (Å²) in [7, 11) is -2.14. The van der Waals surface area contributed by atoms with Crippen molar-refractivity contribution in [2.24, 2.45) is 0 Å². The summed E-state index contributed by atoms with van der Waals surface area (Å²) in [6.07, 6.45) is -1.21. The second-order valence-electron chi connectivity index (χ2n) is 5.76. The zero-order valence-corrected chi connectivity index (χ0v) is 15.6. The van der Waals surface area contributed by atoms with Gasteiger partial charge in [0, 0.05) is 13.6 Å². The smallest absolute Gasteiger partial charge is 0.406 e. The topological polar surface area (TPSA) is 108 Å². The number of sulfonamides is 1. The molecule has 1 aromatic carbocycles. The first kappa shape index (κ1) is 21.4. The van der Waals surface area contributed by atoms with Crippen molar-refractivity contribution >= 4 is 16.0 Å². The molecule has 2 rings (SSSR count). The fourth-order valence-corrected chi connectivity index (χ4v) is 2.56. The molecule has 0 amide bonds. The van der Waals surface area contributed by atoms with Crippen molar-refractivity contribution in [2.45, 2.75) is 12.4 Å². The van der Waals surface area contributed by atoms with Gasteiger partial charge in [-0.1, -0.05) is 12.1 Å². The Balaban J connectivity index is 2.27. The molecule has 0 radical (unpaired) electrons. The largest absolute Gasteiger partial charge is 0.573 e. The van der Waals surface area contributed by atoms with E-state index in [9.17, 15) is 21.6 Å². The molecule has 1 unspecified atom stereocenters. The Kier molecular flexibility index (Phi) is 6.42. The van der Waals surface area contributed by atoms with Crippen LogP contribution < -0.4 is 10.1 Å². The van der Waals surface area contributed by atoms with Gasteiger partial charge in [-0.25, -0.2) is 22.7 Å². The Morgan fingerprint density at radius 1 is 1.25 bits per heavy atom. The van der Waals surface area contributed by atoms with Crippen LogP contribution in [0.2, 0.25) is 0 Å². The van der Waals surface area contributed by atoms with E-state index in [0.717, 1.165) is 22.7 Å². The molecule has 8 nitrogen and oxygen atoms in total. The molecule has 0 aliphatic heterocycles. The van der Waals surface area contributed by atoms with Crippen LogP contribution in [0.4, 0.5) is 19.1 Å². The van der Waals surface area contributed by atoms with E-state index >= 15 is 0 Å². The number of aromatic nitrogens is 2. The Hall–Kier alpha value is -2.91. The van der Waals surface area contributed by atoms with Gasteiger partial charge in [0.2, 0.25) is 16.0 Å². The van der Waals surface area contributed by atoms with Crippen molar-refractivity contribution < 1.29 is 26.3 Å². The van der Waals surface area contributed by atoms with Gasteiger partial charge >= 0.3 is 6.36 Å². The Labute approximate surface area is 159 Å². The van der Waals surface area contributed by atoms with Gasteiger partial charge in [-0.2, -0.15) is 5.26 Å². The van der Waals surface area contributed by atoms with Crippen LogP contribution in [-0.4, -0.2) is 48.9 Å². The summed E-state index contributed by atoms with van der Waals surface area (Å²) in [6, 6.07) is 6.19. The zero-order chi connectivity index (χ0) is 20.9. The molecule has 0 saturated heterocycles. The first-order chi connectivity index (χ1) is 13.0. The van der Waals surface area contributed by atoms with Crippen LogP contribution in [0.3, 0.4) is 0 Å². The Morgan fingerprint density at radius 3 is 2.29 bits per heavy atom. The molecule has 1 atom stereocenters. The zero-order valence-electron chi connectivity index (χ0n) is 14.8. The fourth-order valence-electron chi connectivity index (χ4n) is 2.14. The number of nitrogens with zero attached hydrogens (tertiary/aromatic N) is 4. The SMILES string of the molecule is CN(CC(Nc1ncc(C#N)cn1)c1ccc(OC(F)(F)F)cc1)S(C)(=O)=O. The van der Waals surface area contributed by atoms with E-state index < -0.39 is 28.2 Å². The van der Waals surface area contributed by atoms with Gasteiger partial charge in [-0.05, 0) is 17.7 Å². The number of halogens is 3. The third-order valence-electron chi connectivity index (χ3n) is 3.61. The van der Waals surface area contributed by atoms with Crippen LogP contribution >= 0.6 is 0 Å². The predicted molar refractivity (Wildman–Crippen MR) is 93.7 cm³/mol. The van der Waals surface area contributed by atoms with Crippen molar-refractivity contribution in [2.75, 3.05) is 25.2 Å². The molecule has 0 spiro atoms. The minimum atomic E-state index is -4.81. The first-order valence-corrected chi connectivity index (χ1v) is 9.58. The van der Waals surface area contributed by atoms with Gasteiger partial charge < -0.3 is 10.1 Å². The van der Waals surface area contributed by atoms with Gasteiger partial charge in [0.1, 0.15) is 11.8 Å². The maximum Gasteiger partial charge on any atom is 0.573 e. The molecule has 2 aromatic rings. The van der Waals surface area contributed by atoms with Crippen molar-refractivity contribution in [3.8, 4) is 11.8 Å². The molecule has 1 heterocycles. The highest BCUT2D eigenvalue weighted by Gasteiger charge is 2.31. The van der Waals surface area contributed by atoms with Gasteiger partial charge in [0.05, 0.1) is 30.3 Å². The van der Waals surface area contributed by atoms with Gasteiger partial charge in [0.15, 0.2) is 0 Å². The monoisotopic (exact) mass is 415 g/mol. The van der Waals surface area contributed by atoms with E-state index in [-0.39, 0.29) is 18.1 Å². The molecule has 0 aliphatic rings. The summed E-state index contributed by atoms with van der Waals surface area (Å²) < 4.78 is 65.3. The Bertz CT molecular complexity index is 941. The minimum Gasteiger partial charge on any atom is -0.406 e. The molecule has 0 saturated carbocycles. The van der Waals surface area contributed by atoms with Gasteiger partial charge in [0.25, 0.3) is 0 Å². The number of hydrogen-bond acceptors (Lipinski definition) is 7. The lowest BCUT2D eigenvalue weighted by atomic mass is 10.1. The van der Waals surface area contributed by atoms with Crippen molar-refractivity contribution in [1.82, 2.24) is 14.3 Å². The number of likely N-dealkylation sites (N-methyl/N-ethyl adjacent to an activating group) is 1. The van der Waals surface area contributed by atoms with Crippen LogP contribution in [0.15, 0.2) is 36.7 Å². The number of anilines is 1. The van der Waals surface area contributed by atoms with Crippen LogP contribution in [0.25, 0.3) is 0 Å². The summed E-state index contributed by atoms with van der Waals surface area (Å²) in [6.45, 7) is -0.0400. The number of rotatable bonds is 7. The van der Waals surface area contributed by atoms with Crippen molar-refractivity contribution in [1.29, 1.82) is 5.26 Å². The average molecular weight is 415 g/mol. The number of nitriles is 1. The van der Waals surface area contributed by atoms with E-state index in [0.29, 0.717) is 5.56 Å². The first-order valence-electron chi connectivity index (χ1n) is 7.73. The highest BCUT2D eigenvalue weighted by molar-refractivity contribution is 7.88. The molecular weight excluding hydrogens is 399 g/mol. The van der Waals surface area contributed by atoms with Crippen molar-refractivity contribution in [3.05, 3.63) is 47.8 Å². The second kappa shape index (κ2) is 8.41. The van der Waals surface area contributed by atoms with E-state index in [4.69, 9.17) is 5.26 Å². The number of hydrogen-bond donors (Lipinski definition) is 1. The van der Waals surface area contributed by atoms with Crippen LogP contribution in [0, 0.1) is 11.3 Å². The summed E-state index contributed by atoms with van der Waals surface area (Å²) in [4.78, 5) is 7.93. The second-order valence-corrected chi connectivity index (χ2v) is 7.85. The number of alkyl halides is 3. The summed E-state index contributed by atoms with van der Waals surface area (Å²) >= 11 is 0. The lowest BCUT2D eigenvalue weighted by molar-refractivity contribution is -0.274. The standard InChI is InChI=1S/C16H16F3N5O3S/c1-24(28(2,25)26)10-14(23-15-21-8-11(7-20)9-22-15)12-3-5-13(6-4-12)27-16(17,18)19/h3-6,8-9,14H,10H2,1-2H3,(H,21,22,23). The molecule has 28 heavy (non-hydrogen) atoms. The van der Waals surface area contributed by atoms with E-state index in [1.165, 1.54) is 31.6 Å². The molecular formula is C16H16F3N5O3S. The maximum atomic E-state index is 12.3. The molecule has 150 valence electrons. The number of benzene rings is 1. The fraction of sp³-hybridized carbons (Fsp3) is 0.312.